The smallest absolute Gasteiger partial charge is 0.317 e. The molecule has 0 atom stereocenters. The number of ether oxygens (including phenoxy) is 1. The second kappa shape index (κ2) is 9.91. The molecule has 6 nitrogen and oxygen atoms in total. The van der Waals surface area contributed by atoms with Crippen LogP contribution in [0.15, 0.2) is 24.3 Å². The van der Waals surface area contributed by atoms with E-state index in [0.717, 1.165) is 30.7 Å². The molecule has 0 saturated carbocycles. The van der Waals surface area contributed by atoms with Gasteiger partial charge in [-0.2, -0.15) is 0 Å². The van der Waals surface area contributed by atoms with Crippen molar-refractivity contribution in [1.29, 1.82) is 0 Å². The van der Waals surface area contributed by atoms with E-state index in [1.54, 1.807) is 4.90 Å². The molecule has 1 N–H and O–H groups in total. The van der Waals surface area contributed by atoms with E-state index in [1.165, 1.54) is 0 Å². The van der Waals surface area contributed by atoms with Gasteiger partial charge in [-0.1, -0.05) is 12.1 Å². The molecule has 0 aromatic heterocycles. The van der Waals surface area contributed by atoms with Crippen molar-refractivity contribution in [3.05, 3.63) is 29.8 Å². The fraction of sp³-hybridized carbons (Fsp3) is 0.579. The minimum atomic E-state index is -0.103. The van der Waals surface area contributed by atoms with Crippen LogP contribution in [0.2, 0.25) is 0 Å². The van der Waals surface area contributed by atoms with Crippen molar-refractivity contribution in [2.24, 2.45) is 0 Å². The highest BCUT2D eigenvalue weighted by atomic mass is 16.5. The first-order chi connectivity index (χ1) is 12.1. The predicted octanol–water partition coefficient (Wildman–Crippen LogP) is 2.63. The number of amides is 3. The average Bonchev–Trinajstić information content (AvgIpc) is 2.62. The van der Waals surface area contributed by atoms with Crippen LogP contribution in [-0.2, 0) is 11.3 Å². The Morgan fingerprint density at radius 1 is 1.32 bits per heavy atom. The zero-order valence-electron chi connectivity index (χ0n) is 15.3. The van der Waals surface area contributed by atoms with E-state index >= 15 is 0 Å². The summed E-state index contributed by atoms with van der Waals surface area (Å²) in [7, 11) is 0. The molecule has 1 aromatic rings. The number of hydrogen-bond donors (Lipinski definition) is 1. The maximum Gasteiger partial charge on any atom is 0.317 e. The molecule has 0 radical (unpaired) electrons. The summed E-state index contributed by atoms with van der Waals surface area (Å²) in [5.41, 5.74) is 1.04. The maximum absolute atomic E-state index is 12.4. The van der Waals surface area contributed by atoms with E-state index in [9.17, 15) is 9.59 Å². The lowest BCUT2D eigenvalue weighted by Gasteiger charge is -2.27. The van der Waals surface area contributed by atoms with Crippen molar-refractivity contribution >= 4 is 11.9 Å². The lowest BCUT2D eigenvalue weighted by Crippen LogP contribution is -2.44. The van der Waals surface area contributed by atoms with Crippen LogP contribution in [-0.4, -0.2) is 54.5 Å². The molecule has 0 spiro atoms. The number of nitrogens with one attached hydrogen (secondary N) is 1. The number of carbonyl (C=O) groups excluding carboxylic acids is 2. The molecule has 138 valence electrons. The van der Waals surface area contributed by atoms with Gasteiger partial charge in [0.25, 0.3) is 0 Å². The summed E-state index contributed by atoms with van der Waals surface area (Å²) >= 11 is 0. The van der Waals surface area contributed by atoms with Crippen molar-refractivity contribution in [3.63, 3.8) is 0 Å². The van der Waals surface area contributed by atoms with E-state index in [2.05, 4.69) is 5.32 Å². The normalized spacial score (nSPS) is 14.3. The summed E-state index contributed by atoms with van der Waals surface area (Å²) in [5.74, 6) is 1.01. The third kappa shape index (κ3) is 5.96. The molecule has 1 aliphatic heterocycles. The predicted molar refractivity (Wildman–Crippen MR) is 97.5 cm³/mol. The maximum atomic E-state index is 12.4. The molecule has 6 heteroatoms. The molecular weight excluding hydrogens is 318 g/mol. The fourth-order valence-electron chi connectivity index (χ4n) is 2.96. The van der Waals surface area contributed by atoms with Crippen LogP contribution < -0.4 is 10.1 Å². The molecule has 0 aliphatic carbocycles. The van der Waals surface area contributed by atoms with Crippen molar-refractivity contribution in [1.82, 2.24) is 15.1 Å². The number of rotatable bonds is 8. The van der Waals surface area contributed by atoms with Gasteiger partial charge >= 0.3 is 6.03 Å². The number of urea groups is 1. The van der Waals surface area contributed by atoms with Crippen LogP contribution in [0, 0.1) is 0 Å². The first-order valence-electron chi connectivity index (χ1n) is 9.16. The number of benzene rings is 1. The molecular formula is C19H29N3O3. The minimum absolute atomic E-state index is 0.103. The molecule has 1 aliphatic rings. The SMILES string of the molecule is CCOc1cccc(CN(CC)C(=O)NCCN2CCCCC2=O)c1. The summed E-state index contributed by atoms with van der Waals surface area (Å²) in [6, 6.07) is 7.71. The highest BCUT2D eigenvalue weighted by molar-refractivity contribution is 5.77. The van der Waals surface area contributed by atoms with E-state index in [4.69, 9.17) is 4.74 Å². The Balaban J connectivity index is 1.81. The van der Waals surface area contributed by atoms with E-state index in [1.807, 2.05) is 43.0 Å². The highest BCUT2D eigenvalue weighted by Crippen LogP contribution is 2.15. The average molecular weight is 347 g/mol. The Morgan fingerprint density at radius 3 is 2.88 bits per heavy atom. The monoisotopic (exact) mass is 347 g/mol. The highest BCUT2D eigenvalue weighted by Gasteiger charge is 2.18. The van der Waals surface area contributed by atoms with Gasteiger partial charge in [0.05, 0.1) is 6.61 Å². The summed E-state index contributed by atoms with van der Waals surface area (Å²) in [6.45, 7) is 7.56. The van der Waals surface area contributed by atoms with Crippen molar-refractivity contribution in [2.45, 2.75) is 39.7 Å². The molecule has 3 amide bonds. The van der Waals surface area contributed by atoms with Crippen LogP contribution in [0.1, 0.15) is 38.7 Å². The third-order valence-corrected chi connectivity index (χ3v) is 4.33. The van der Waals surface area contributed by atoms with Crippen molar-refractivity contribution < 1.29 is 14.3 Å². The lowest BCUT2D eigenvalue weighted by molar-refractivity contribution is -0.133. The zero-order chi connectivity index (χ0) is 18.1. The number of likely N-dealkylation sites (tertiary alicyclic amines) is 1. The Kier molecular flexibility index (Phi) is 7.57. The van der Waals surface area contributed by atoms with Gasteiger partial charge in [-0.05, 0) is 44.4 Å². The number of hydrogen-bond acceptors (Lipinski definition) is 3. The molecule has 1 fully saturated rings. The first kappa shape index (κ1) is 19.1. The van der Waals surface area contributed by atoms with E-state index in [-0.39, 0.29) is 11.9 Å². The van der Waals surface area contributed by atoms with Crippen molar-refractivity contribution in [2.75, 3.05) is 32.8 Å². The first-order valence-corrected chi connectivity index (χ1v) is 9.16. The van der Waals surface area contributed by atoms with Crippen LogP contribution >= 0.6 is 0 Å². The van der Waals surface area contributed by atoms with Gasteiger partial charge in [0.15, 0.2) is 0 Å². The molecule has 1 heterocycles. The van der Waals surface area contributed by atoms with E-state index in [0.29, 0.717) is 39.2 Å². The Morgan fingerprint density at radius 2 is 2.16 bits per heavy atom. The summed E-state index contributed by atoms with van der Waals surface area (Å²) in [6.07, 6.45) is 2.66. The van der Waals surface area contributed by atoms with Gasteiger partial charge in [0.1, 0.15) is 5.75 Å². The second-order valence-electron chi connectivity index (χ2n) is 6.16. The molecule has 2 rings (SSSR count). The van der Waals surface area contributed by atoms with Gasteiger partial charge in [0.2, 0.25) is 5.91 Å². The number of nitrogens with zero attached hydrogens (tertiary/aromatic N) is 2. The molecule has 1 saturated heterocycles. The van der Waals surface area contributed by atoms with Crippen LogP contribution in [0.25, 0.3) is 0 Å². The molecule has 0 unspecified atom stereocenters. The zero-order valence-corrected chi connectivity index (χ0v) is 15.3. The van der Waals surface area contributed by atoms with Crippen LogP contribution in [0.5, 0.6) is 5.75 Å². The summed E-state index contributed by atoms with van der Waals surface area (Å²) < 4.78 is 5.51. The lowest BCUT2D eigenvalue weighted by atomic mass is 10.1. The van der Waals surface area contributed by atoms with Crippen LogP contribution in [0.4, 0.5) is 4.79 Å². The Labute approximate surface area is 150 Å². The standard InChI is InChI=1S/C19H29N3O3/c1-3-21(15-16-8-7-9-17(14-16)25-4-2)19(24)20-11-13-22-12-6-5-10-18(22)23/h7-9,14H,3-6,10-13,15H2,1-2H3,(H,20,24). The largest absolute Gasteiger partial charge is 0.494 e. The molecule has 0 bridgehead atoms. The number of carbonyl (C=O) groups is 2. The summed E-state index contributed by atoms with van der Waals surface area (Å²) in [4.78, 5) is 27.8. The van der Waals surface area contributed by atoms with E-state index < -0.39 is 0 Å². The second-order valence-corrected chi connectivity index (χ2v) is 6.16. The molecule has 25 heavy (non-hydrogen) atoms. The summed E-state index contributed by atoms with van der Waals surface area (Å²) in [5, 5.41) is 2.92. The fourth-order valence-corrected chi connectivity index (χ4v) is 2.96. The number of piperidine rings is 1. The van der Waals surface area contributed by atoms with Gasteiger partial charge < -0.3 is 19.9 Å². The van der Waals surface area contributed by atoms with Gasteiger partial charge in [-0.15, -0.1) is 0 Å². The quantitative estimate of drug-likeness (QED) is 0.786. The topological polar surface area (TPSA) is 61.9 Å². The Hall–Kier alpha value is -2.24. The van der Waals surface area contributed by atoms with Crippen molar-refractivity contribution in [3.8, 4) is 5.75 Å². The Bertz CT molecular complexity index is 577. The minimum Gasteiger partial charge on any atom is -0.494 e. The third-order valence-electron chi connectivity index (χ3n) is 4.33. The van der Waals surface area contributed by atoms with Gasteiger partial charge in [-0.3, -0.25) is 4.79 Å². The molecule has 1 aromatic carbocycles. The van der Waals surface area contributed by atoms with Crippen LogP contribution in [0.3, 0.4) is 0 Å². The van der Waals surface area contributed by atoms with Gasteiger partial charge in [0, 0.05) is 39.1 Å². The van der Waals surface area contributed by atoms with Gasteiger partial charge in [-0.25, -0.2) is 4.79 Å².